The van der Waals surface area contributed by atoms with Crippen LogP contribution in [-0.2, 0) is 10.0 Å². The van der Waals surface area contributed by atoms with E-state index in [0.29, 0.717) is 13.1 Å². The Labute approximate surface area is 144 Å². The Balaban J connectivity index is 1.70. The van der Waals surface area contributed by atoms with Crippen LogP contribution >= 0.6 is 11.6 Å². The third kappa shape index (κ3) is 3.62. The molecule has 1 unspecified atom stereocenters. The standard InChI is InChI=1S/C15H16ClN3O4S/c16-12-4-3-10(8-14(12)24(17,21)22)15(20)18-19-6-5-11(9-19)13-2-1-7-23-13/h1-4,7-8,11H,5-6,9H2,(H,18,20)(H2,17,21,22). The number of hydrogen-bond donors (Lipinski definition) is 2. The summed E-state index contributed by atoms with van der Waals surface area (Å²) in [4.78, 5) is 12.1. The molecule has 0 bridgehead atoms. The van der Waals surface area contributed by atoms with Gasteiger partial charge in [-0.3, -0.25) is 10.2 Å². The molecule has 0 spiro atoms. The van der Waals surface area contributed by atoms with Crippen LogP contribution in [0.1, 0.15) is 28.5 Å². The molecule has 1 aliphatic heterocycles. The minimum Gasteiger partial charge on any atom is -0.469 e. The molecule has 0 radical (unpaired) electrons. The molecule has 1 aromatic heterocycles. The monoisotopic (exact) mass is 369 g/mol. The van der Waals surface area contributed by atoms with Crippen LogP contribution in [0.25, 0.3) is 0 Å². The first-order valence-corrected chi connectivity index (χ1v) is 9.18. The van der Waals surface area contributed by atoms with Gasteiger partial charge in [-0.05, 0) is 36.8 Å². The van der Waals surface area contributed by atoms with Crippen molar-refractivity contribution in [2.75, 3.05) is 13.1 Å². The summed E-state index contributed by atoms with van der Waals surface area (Å²) in [6.45, 7) is 1.29. The largest absolute Gasteiger partial charge is 0.469 e. The lowest BCUT2D eigenvalue weighted by molar-refractivity contribution is 0.0823. The molecule has 1 saturated heterocycles. The molecule has 3 rings (SSSR count). The maximum absolute atomic E-state index is 12.3. The van der Waals surface area contributed by atoms with E-state index < -0.39 is 15.9 Å². The maximum atomic E-state index is 12.3. The van der Waals surface area contributed by atoms with Gasteiger partial charge in [0.05, 0.1) is 11.3 Å². The number of furan rings is 1. The van der Waals surface area contributed by atoms with Crippen LogP contribution in [0.4, 0.5) is 0 Å². The Kier molecular flexibility index (Phi) is 4.64. The summed E-state index contributed by atoms with van der Waals surface area (Å²) in [7, 11) is -3.99. The molecule has 1 amide bonds. The molecule has 1 atom stereocenters. The fourth-order valence-electron chi connectivity index (χ4n) is 2.69. The Morgan fingerprint density at radius 3 is 2.83 bits per heavy atom. The van der Waals surface area contributed by atoms with Gasteiger partial charge in [0.1, 0.15) is 10.7 Å². The van der Waals surface area contributed by atoms with Crippen molar-refractivity contribution >= 4 is 27.5 Å². The molecule has 7 nitrogen and oxygen atoms in total. The van der Waals surface area contributed by atoms with Crippen LogP contribution in [-0.4, -0.2) is 32.4 Å². The molecule has 0 saturated carbocycles. The number of carbonyl (C=O) groups excluding carboxylic acids is 1. The third-order valence-electron chi connectivity index (χ3n) is 3.89. The molecular weight excluding hydrogens is 354 g/mol. The predicted octanol–water partition coefficient (Wildman–Crippen LogP) is 1.71. The van der Waals surface area contributed by atoms with Gasteiger partial charge in [-0.2, -0.15) is 0 Å². The lowest BCUT2D eigenvalue weighted by Gasteiger charge is -2.17. The summed E-state index contributed by atoms with van der Waals surface area (Å²) in [5.41, 5.74) is 2.93. The minimum absolute atomic E-state index is 0.0203. The number of hydrazine groups is 1. The number of benzene rings is 1. The predicted molar refractivity (Wildman–Crippen MR) is 87.9 cm³/mol. The van der Waals surface area contributed by atoms with E-state index in [1.165, 1.54) is 18.2 Å². The van der Waals surface area contributed by atoms with E-state index in [2.05, 4.69) is 5.43 Å². The Morgan fingerprint density at radius 1 is 1.38 bits per heavy atom. The molecule has 9 heteroatoms. The second-order valence-electron chi connectivity index (χ2n) is 5.58. The average molecular weight is 370 g/mol. The zero-order valence-corrected chi connectivity index (χ0v) is 14.2. The summed E-state index contributed by atoms with van der Waals surface area (Å²) < 4.78 is 28.4. The maximum Gasteiger partial charge on any atom is 0.265 e. The average Bonchev–Trinajstić information content (AvgIpc) is 3.17. The zero-order chi connectivity index (χ0) is 17.3. The normalized spacial score (nSPS) is 18.7. The van der Waals surface area contributed by atoms with Crippen LogP contribution in [0.15, 0.2) is 45.9 Å². The first-order valence-electron chi connectivity index (χ1n) is 7.26. The number of hydrogen-bond acceptors (Lipinski definition) is 5. The summed E-state index contributed by atoms with van der Waals surface area (Å²) in [5, 5.41) is 6.86. The van der Waals surface area contributed by atoms with Gasteiger partial charge in [-0.1, -0.05) is 11.6 Å². The molecule has 24 heavy (non-hydrogen) atoms. The summed E-state index contributed by atoms with van der Waals surface area (Å²) >= 11 is 5.82. The van der Waals surface area contributed by atoms with E-state index in [9.17, 15) is 13.2 Å². The van der Waals surface area contributed by atoms with Crippen molar-refractivity contribution in [3.63, 3.8) is 0 Å². The van der Waals surface area contributed by atoms with Gasteiger partial charge in [0, 0.05) is 24.6 Å². The van der Waals surface area contributed by atoms with Gasteiger partial charge in [-0.15, -0.1) is 0 Å². The second kappa shape index (κ2) is 6.56. The first-order chi connectivity index (χ1) is 11.3. The molecule has 2 aromatic rings. The fraction of sp³-hybridized carbons (Fsp3) is 0.267. The van der Waals surface area contributed by atoms with Crippen LogP contribution in [0, 0.1) is 0 Å². The van der Waals surface area contributed by atoms with Gasteiger partial charge >= 0.3 is 0 Å². The first kappa shape index (κ1) is 17.0. The van der Waals surface area contributed by atoms with E-state index in [0.717, 1.165) is 12.2 Å². The number of nitrogens with two attached hydrogens (primary N) is 1. The fourth-order valence-corrected chi connectivity index (χ4v) is 3.76. The number of primary sulfonamides is 1. The quantitative estimate of drug-likeness (QED) is 0.853. The lowest BCUT2D eigenvalue weighted by atomic mass is 10.1. The number of halogens is 1. The van der Waals surface area contributed by atoms with Gasteiger partial charge in [0.15, 0.2) is 0 Å². The zero-order valence-electron chi connectivity index (χ0n) is 12.6. The summed E-state index contributed by atoms with van der Waals surface area (Å²) in [5.74, 6) is 0.678. The molecule has 1 fully saturated rings. The van der Waals surface area contributed by atoms with Crippen molar-refractivity contribution in [3.8, 4) is 0 Å². The van der Waals surface area contributed by atoms with E-state index >= 15 is 0 Å². The van der Waals surface area contributed by atoms with Crippen LogP contribution in [0.5, 0.6) is 0 Å². The number of carbonyl (C=O) groups is 1. The summed E-state index contributed by atoms with van der Waals surface area (Å²) in [6, 6.07) is 7.71. The highest BCUT2D eigenvalue weighted by molar-refractivity contribution is 7.89. The molecule has 2 heterocycles. The number of nitrogens with one attached hydrogen (secondary N) is 1. The Bertz CT molecular complexity index is 852. The van der Waals surface area contributed by atoms with Crippen molar-refractivity contribution in [2.45, 2.75) is 17.2 Å². The van der Waals surface area contributed by atoms with Gasteiger partial charge < -0.3 is 4.42 Å². The lowest BCUT2D eigenvalue weighted by Crippen LogP contribution is -2.40. The summed E-state index contributed by atoms with van der Waals surface area (Å²) in [6.07, 6.45) is 2.48. The number of nitrogens with zero attached hydrogens (tertiary/aromatic N) is 1. The van der Waals surface area contributed by atoms with Crippen molar-refractivity contribution in [2.24, 2.45) is 5.14 Å². The van der Waals surface area contributed by atoms with Crippen molar-refractivity contribution < 1.29 is 17.6 Å². The SMILES string of the molecule is NS(=O)(=O)c1cc(C(=O)NN2CCC(c3ccco3)C2)ccc1Cl. The molecule has 1 aliphatic rings. The number of sulfonamides is 1. The molecule has 128 valence electrons. The smallest absolute Gasteiger partial charge is 0.265 e. The molecular formula is C15H16ClN3O4S. The number of rotatable bonds is 4. The van der Waals surface area contributed by atoms with Crippen molar-refractivity contribution in [3.05, 3.63) is 52.9 Å². The van der Waals surface area contributed by atoms with E-state index in [-0.39, 0.29) is 21.4 Å². The van der Waals surface area contributed by atoms with Gasteiger partial charge in [0.2, 0.25) is 10.0 Å². The van der Waals surface area contributed by atoms with E-state index in [4.69, 9.17) is 21.2 Å². The molecule has 0 aliphatic carbocycles. The highest BCUT2D eigenvalue weighted by Crippen LogP contribution is 2.26. The highest BCUT2D eigenvalue weighted by Gasteiger charge is 2.27. The topological polar surface area (TPSA) is 106 Å². The van der Waals surface area contributed by atoms with E-state index in [1.54, 1.807) is 11.3 Å². The van der Waals surface area contributed by atoms with Crippen molar-refractivity contribution in [1.82, 2.24) is 10.4 Å². The van der Waals surface area contributed by atoms with Crippen LogP contribution < -0.4 is 10.6 Å². The van der Waals surface area contributed by atoms with Crippen LogP contribution in [0.3, 0.4) is 0 Å². The molecule has 3 N–H and O–H groups in total. The Morgan fingerprint density at radius 2 is 2.17 bits per heavy atom. The van der Waals surface area contributed by atoms with Crippen molar-refractivity contribution in [1.29, 1.82) is 0 Å². The second-order valence-corrected chi connectivity index (χ2v) is 7.52. The highest BCUT2D eigenvalue weighted by atomic mass is 35.5. The third-order valence-corrected chi connectivity index (χ3v) is 5.29. The minimum atomic E-state index is -3.99. The Hall–Kier alpha value is -1.87. The van der Waals surface area contributed by atoms with Gasteiger partial charge in [0.25, 0.3) is 5.91 Å². The van der Waals surface area contributed by atoms with E-state index in [1.807, 2.05) is 12.1 Å². The van der Waals surface area contributed by atoms with Crippen LogP contribution in [0.2, 0.25) is 5.02 Å². The van der Waals surface area contributed by atoms with Gasteiger partial charge in [-0.25, -0.2) is 18.6 Å². The molecule has 1 aromatic carbocycles. The number of amides is 1.